The van der Waals surface area contributed by atoms with Crippen LogP contribution in [-0.4, -0.2) is 48.4 Å². The van der Waals surface area contributed by atoms with Gasteiger partial charge in [-0.2, -0.15) is 15.0 Å². The molecule has 1 heterocycles. The second kappa shape index (κ2) is 8.05. The summed E-state index contributed by atoms with van der Waals surface area (Å²) in [5, 5.41) is 0.141. The van der Waals surface area contributed by atoms with E-state index in [2.05, 4.69) is 15.0 Å². The summed E-state index contributed by atoms with van der Waals surface area (Å²) in [5.41, 5.74) is 0. The lowest BCUT2D eigenvalue weighted by Gasteiger charge is -2.20. The average molecular weight is 275 g/mol. The number of hydrogen-bond acceptors (Lipinski definition) is 6. The Morgan fingerprint density at radius 1 is 1.17 bits per heavy atom. The van der Waals surface area contributed by atoms with E-state index in [4.69, 9.17) is 21.1 Å². The molecule has 1 rings (SSSR count). The van der Waals surface area contributed by atoms with Crippen LogP contribution >= 0.6 is 11.6 Å². The van der Waals surface area contributed by atoms with Gasteiger partial charge < -0.3 is 14.4 Å². The number of hydrogen-bond donors (Lipinski definition) is 0. The Balaban J connectivity index is 2.81. The number of halogens is 1. The van der Waals surface area contributed by atoms with Gasteiger partial charge in [0.15, 0.2) is 0 Å². The van der Waals surface area contributed by atoms with E-state index in [0.29, 0.717) is 25.7 Å². The number of rotatable bonds is 8. The second-order valence-corrected chi connectivity index (χ2v) is 3.95. The maximum atomic E-state index is 5.86. The maximum absolute atomic E-state index is 5.86. The molecule has 0 N–H and O–H groups in total. The van der Waals surface area contributed by atoms with E-state index >= 15 is 0 Å². The third kappa shape index (κ3) is 4.62. The molecule has 0 aromatic carbocycles. The van der Waals surface area contributed by atoms with Crippen molar-refractivity contribution >= 4 is 17.5 Å². The highest BCUT2D eigenvalue weighted by Gasteiger charge is 2.12. The Hall–Kier alpha value is -1.14. The number of aromatic nitrogens is 3. The van der Waals surface area contributed by atoms with Gasteiger partial charge in [-0.25, -0.2) is 0 Å². The highest BCUT2D eigenvalue weighted by atomic mass is 35.5. The molecule has 1 aromatic heterocycles. The van der Waals surface area contributed by atoms with Crippen LogP contribution in [0.2, 0.25) is 5.28 Å². The first-order chi connectivity index (χ1) is 8.71. The largest absolute Gasteiger partial charge is 0.463 e. The molecule has 0 atom stereocenters. The standard InChI is InChI=1S/C11H19ClN4O2/c1-4-7-18-11-14-9(12)13-10(15-11)16(5-2)6-8-17-3/h4-8H2,1-3H3. The molecule has 0 bridgehead atoms. The molecule has 0 aliphatic heterocycles. The SMILES string of the molecule is CCCOc1nc(Cl)nc(N(CC)CCOC)n1. The molecule has 0 radical (unpaired) electrons. The number of methoxy groups -OCH3 is 1. The molecule has 1 aromatic rings. The quantitative estimate of drug-likeness (QED) is 0.720. The Labute approximate surface area is 112 Å². The van der Waals surface area contributed by atoms with Crippen molar-refractivity contribution in [2.24, 2.45) is 0 Å². The number of ether oxygens (including phenoxy) is 2. The predicted octanol–water partition coefficient (Wildman–Crippen LogP) is 1.79. The first kappa shape index (κ1) is 14.9. The fourth-order valence-corrected chi connectivity index (χ4v) is 1.47. The second-order valence-electron chi connectivity index (χ2n) is 3.61. The van der Waals surface area contributed by atoms with Crippen molar-refractivity contribution in [2.75, 3.05) is 38.3 Å². The van der Waals surface area contributed by atoms with E-state index in [-0.39, 0.29) is 11.3 Å². The van der Waals surface area contributed by atoms with Gasteiger partial charge in [-0.05, 0) is 24.9 Å². The predicted molar refractivity (Wildman–Crippen MR) is 70.4 cm³/mol. The molecule has 102 valence electrons. The third-order valence-electron chi connectivity index (χ3n) is 2.24. The van der Waals surface area contributed by atoms with Crippen LogP contribution in [0, 0.1) is 0 Å². The summed E-state index contributed by atoms with van der Waals surface area (Å²) in [4.78, 5) is 14.2. The molecule has 7 heteroatoms. The first-order valence-corrected chi connectivity index (χ1v) is 6.37. The topological polar surface area (TPSA) is 60.4 Å². The van der Waals surface area contributed by atoms with E-state index in [1.54, 1.807) is 7.11 Å². The summed E-state index contributed by atoms with van der Waals surface area (Å²) in [6.45, 7) is 6.64. The van der Waals surface area contributed by atoms with Crippen LogP contribution in [0.25, 0.3) is 0 Å². The van der Waals surface area contributed by atoms with Crippen molar-refractivity contribution < 1.29 is 9.47 Å². The maximum Gasteiger partial charge on any atom is 0.322 e. The lowest BCUT2D eigenvalue weighted by molar-refractivity contribution is 0.205. The van der Waals surface area contributed by atoms with Gasteiger partial charge in [0.1, 0.15) is 0 Å². The lowest BCUT2D eigenvalue weighted by atomic mass is 10.5. The van der Waals surface area contributed by atoms with Gasteiger partial charge >= 0.3 is 6.01 Å². The summed E-state index contributed by atoms with van der Waals surface area (Å²) in [6, 6.07) is 0.266. The lowest BCUT2D eigenvalue weighted by Crippen LogP contribution is -2.29. The summed E-state index contributed by atoms with van der Waals surface area (Å²) in [5.74, 6) is 0.514. The molecule has 0 fully saturated rings. The van der Waals surface area contributed by atoms with Crippen LogP contribution in [0.1, 0.15) is 20.3 Å². The van der Waals surface area contributed by atoms with Crippen molar-refractivity contribution in [1.82, 2.24) is 15.0 Å². The first-order valence-electron chi connectivity index (χ1n) is 5.99. The smallest absolute Gasteiger partial charge is 0.322 e. The van der Waals surface area contributed by atoms with E-state index in [0.717, 1.165) is 13.0 Å². The molecule has 0 aliphatic carbocycles. The van der Waals surface area contributed by atoms with Crippen LogP contribution in [0.5, 0.6) is 6.01 Å². The molecule has 0 unspecified atom stereocenters. The zero-order chi connectivity index (χ0) is 13.4. The van der Waals surface area contributed by atoms with E-state index in [1.807, 2.05) is 18.7 Å². The van der Waals surface area contributed by atoms with Gasteiger partial charge in [0, 0.05) is 20.2 Å². The number of likely N-dealkylation sites (N-methyl/N-ethyl adjacent to an activating group) is 1. The zero-order valence-electron chi connectivity index (χ0n) is 11.0. The summed E-state index contributed by atoms with van der Waals surface area (Å²) >= 11 is 5.86. The van der Waals surface area contributed by atoms with Gasteiger partial charge in [0.05, 0.1) is 13.2 Å². The average Bonchev–Trinajstić information content (AvgIpc) is 2.37. The van der Waals surface area contributed by atoms with E-state index < -0.39 is 0 Å². The Morgan fingerprint density at radius 3 is 2.56 bits per heavy atom. The van der Waals surface area contributed by atoms with Crippen molar-refractivity contribution in [3.05, 3.63) is 5.28 Å². The minimum atomic E-state index is 0.141. The number of nitrogens with zero attached hydrogens (tertiary/aromatic N) is 4. The normalized spacial score (nSPS) is 10.4. The fraction of sp³-hybridized carbons (Fsp3) is 0.727. The zero-order valence-corrected chi connectivity index (χ0v) is 11.8. The summed E-state index contributed by atoms with van der Waals surface area (Å²) < 4.78 is 10.4. The van der Waals surface area contributed by atoms with Crippen molar-refractivity contribution in [1.29, 1.82) is 0 Å². The molecule has 0 aliphatic rings. The molecular weight excluding hydrogens is 256 g/mol. The van der Waals surface area contributed by atoms with Crippen LogP contribution in [0.15, 0.2) is 0 Å². The molecule has 0 saturated heterocycles. The van der Waals surface area contributed by atoms with Gasteiger partial charge in [0.25, 0.3) is 0 Å². The molecular formula is C11H19ClN4O2. The number of anilines is 1. The van der Waals surface area contributed by atoms with E-state index in [9.17, 15) is 0 Å². The van der Waals surface area contributed by atoms with Crippen LogP contribution < -0.4 is 9.64 Å². The fourth-order valence-electron chi connectivity index (χ4n) is 1.32. The Kier molecular flexibility index (Phi) is 6.67. The Bertz CT molecular complexity index is 365. The summed E-state index contributed by atoms with van der Waals surface area (Å²) in [6.07, 6.45) is 0.889. The Morgan fingerprint density at radius 2 is 1.94 bits per heavy atom. The molecule has 6 nitrogen and oxygen atoms in total. The summed E-state index contributed by atoms with van der Waals surface area (Å²) in [7, 11) is 1.66. The van der Waals surface area contributed by atoms with Crippen LogP contribution in [0.4, 0.5) is 5.95 Å². The van der Waals surface area contributed by atoms with Crippen LogP contribution in [0.3, 0.4) is 0 Å². The highest BCUT2D eigenvalue weighted by Crippen LogP contribution is 2.15. The minimum Gasteiger partial charge on any atom is -0.463 e. The monoisotopic (exact) mass is 274 g/mol. The highest BCUT2D eigenvalue weighted by molar-refractivity contribution is 6.28. The van der Waals surface area contributed by atoms with Crippen LogP contribution in [-0.2, 0) is 4.74 Å². The van der Waals surface area contributed by atoms with Crippen molar-refractivity contribution in [3.8, 4) is 6.01 Å². The minimum absolute atomic E-state index is 0.141. The molecule has 0 spiro atoms. The van der Waals surface area contributed by atoms with Gasteiger partial charge in [-0.1, -0.05) is 6.92 Å². The van der Waals surface area contributed by atoms with Gasteiger partial charge in [-0.15, -0.1) is 0 Å². The van der Waals surface area contributed by atoms with E-state index in [1.165, 1.54) is 0 Å². The van der Waals surface area contributed by atoms with Crippen molar-refractivity contribution in [3.63, 3.8) is 0 Å². The van der Waals surface area contributed by atoms with Gasteiger partial charge in [-0.3, -0.25) is 0 Å². The molecule has 0 amide bonds. The third-order valence-corrected chi connectivity index (χ3v) is 2.41. The van der Waals surface area contributed by atoms with Crippen molar-refractivity contribution in [2.45, 2.75) is 20.3 Å². The van der Waals surface area contributed by atoms with Gasteiger partial charge in [0.2, 0.25) is 11.2 Å². The molecule has 0 saturated carbocycles. The molecule has 18 heavy (non-hydrogen) atoms.